The Morgan fingerprint density at radius 3 is 2.46 bits per heavy atom. The highest BCUT2D eigenvalue weighted by Crippen LogP contribution is 2.38. The molecule has 0 aliphatic carbocycles. The van der Waals surface area contributed by atoms with E-state index in [4.69, 9.17) is 19.3 Å². The summed E-state index contributed by atoms with van der Waals surface area (Å²) in [7, 11) is 1.47. The van der Waals surface area contributed by atoms with E-state index in [1.54, 1.807) is 48.5 Å². The maximum atomic E-state index is 13.0. The monoisotopic (exact) mass is 623 g/mol. The molecule has 3 aromatic carbocycles. The van der Waals surface area contributed by atoms with Gasteiger partial charge in [0.1, 0.15) is 24.6 Å². The van der Waals surface area contributed by atoms with E-state index in [9.17, 15) is 19.2 Å². The smallest absolute Gasteiger partial charge is 0.335 e. The summed E-state index contributed by atoms with van der Waals surface area (Å²) in [6, 6.07) is 15.7. The molecule has 0 saturated carbocycles. The summed E-state index contributed by atoms with van der Waals surface area (Å²) in [5.41, 5.74) is 1.86. The number of carboxylic acid groups (broad SMARTS) is 1. The van der Waals surface area contributed by atoms with Crippen LogP contribution >= 0.6 is 15.9 Å². The van der Waals surface area contributed by atoms with Crippen molar-refractivity contribution in [3.8, 4) is 17.2 Å². The number of benzene rings is 3. The normalized spacial score (nSPS) is 13.6. The van der Waals surface area contributed by atoms with Gasteiger partial charge in [0.15, 0.2) is 11.5 Å². The van der Waals surface area contributed by atoms with Crippen LogP contribution in [0.2, 0.25) is 0 Å². The minimum absolute atomic E-state index is 0.0124. The molecule has 0 unspecified atom stereocenters. The van der Waals surface area contributed by atoms with Crippen molar-refractivity contribution in [3.63, 3.8) is 0 Å². The molecule has 4 rings (SSSR count). The van der Waals surface area contributed by atoms with Crippen LogP contribution in [0.5, 0.6) is 17.2 Å². The average molecular weight is 624 g/mol. The van der Waals surface area contributed by atoms with Crippen LogP contribution in [-0.2, 0) is 16.2 Å². The van der Waals surface area contributed by atoms with Gasteiger partial charge in [-0.1, -0.05) is 24.3 Å². The lowest BCUT2D eigenvalue weighted by Gasteiger charge is -2.15. The van der Waals surface area contributed by atoms with E-state index in [0.29, 0.717) is 39.6 Å². The SMILES string of the molecule is CCOc1cc(/C=C2/NC(=O)N(CC(=O)Nc3ccccc3OC)C2=O)cc(Br)c1OCc1ccc(C(=O)O)cc1. The molecule has 1 fully saturated rings. The number of rotatable bonds is 11. The van der Waals surface area contributed by atoms with Gasteiger partial charge >= 0.3 is 12.0 Å². The number of carbonyl (C=O) groups excluding carboxylic acids is 3. The zero-order valence-electron chi connectivity index (χ0n) is 22.1. The quantitative estimate of drug-likeness (QED) is 0.207. The average Bonchev–Trinajstić information content (AvgIpc) is 3.20. The van der Waals surface area contributed by atoms with Crippen LogP contribution in [-0.4, -0.2) is 54.1 Å². The number of imide groups is 1. The molecule has 0 aromatic heterocycles. The summed E-state index contributed by atoms with van der Waals surface area (Å²) in [6.45, 7) is 1.80. The Hall–Kier alpha value is -4.84. The Bertz CT molecular complexity index is 1520. The van der Waals surface area contributed by atoms with Crippen molar-refractivity contribution in [3.05, 3.63) is 87.5 Å². The topological polar surface area (TPSA) is 144 Å². The minimum Gasteiger partial charge on any atom is -0.495 e. The van der Waals surface area contributed by atoms with E-state index in [2.05, 4.69) is 26.6 Å². The van der Waals surface area contributed by atoms with E-state index < -0.39 is 30.4 Å². The van der Waals surface area contributed by atoms with Crippen LogP contribution in [0.4, 0.5) is 10.5 Å². The molecule has 11 nitrogen and oxygen atoms in total. The van der Waals surface area contributed by atoms with Crippen molar-refractivity contribution in [1.82, 2.24) is 10.2 Å². The number of methoxy groups -OCH3 is 1. The van der Waals surface area contributed by atoms with Crippen molar-refractivity contribution in [1.29, 1.82) is 0 Å². The largest absolute Gasteiger partial charge is 0.495 e. The Morgan fingerprint density at radius 2 is 1.78 bits per heavy atom. The predicted molar refractivity (Wildman–Crippen MR) is 153 cm³/mol. The second kappa shape index (κ2) is 13.0. The lowest BCUT2D eigenvalue weighted by Crippen LogP contribution is -2.38. The number of anilines is 1. The van der Waals surface area contributed by atoms with Crippen LogP contribution in [0, 0.1) is 0 Å². The molecule has 0 radical (unpaired) electrons. The molecule has 1 aliphatic rings. The van der Waals surface area contributed by atoms with E-state index in [-0.39, 0.29) is 17.9 Å². The highest BCUT2D eigenvalue weighted by Gasteiger charge is 2.35. The second-order valence-corrected chi connectivity index (χ2v) is 9.54. The molecule has 1 aliphatic heterocycles. The second-order valence-electron chi connectivity index (χ2n) is 8.68. The molecular weight excluding hydrogens is 598 g/mol. The molecule has 12 heteroatoms. The van der Waals surface area contributed by atoms with Crippen LogP contribution < -0.4 is 24.8 Å². The predicted octanol–water partition coefficient (Wildman–Crippen LogP) is 4.67. The van der Waals surface area contributed by atoms with Gasteiger partial charge in [0.05, 0.1) is 29.4 Å². The fourth-order valence-corrected chi connectivity index (χ4v) is 4.51. The number of halogens is 1. The van der Waals surface area contributed by atoms with Gasteiger partial charge in [-0.2, -0.15) is 0 Å². The van der Waals surface area contributed by atoms with Crippen LogP contribution in [0.3, 0.4) is 0 Å². The highest BCUT2D eigenvalue weighted by atomic mass is 79.9. The summed E-state index contributed by atoms with van der Waals surface area (Å²) >= 11 is 3.48. The summed E-state index contributed by atoms with van der Waals surface area (Å²) in [5, 5.41) is 14.2. The first-order valence-corrected chi connectivity index (χ1v) is 13.2. The Balaban J connectivity index is 1.48. The molecule has 0 bridgehead atoms. The van der Waals surface area contributed by atoms with Crippen LogP contribution in [0.1, 0.15) is 28.4 Å². The molecule has 1 heterocycles. The molecule has 41 heavy (non-hydrogen) atoms. The molecule has 0 atom stereocenters. The van der Waals surface area contributed by atoms with Crippen LogP contribution in [0.25, 0.3) is 6.08 Å². The fraction of sp³-hybridized carbons (Fsp3) is 0.172. The number of para-hydroxylation sites is 2. The Kier molecular flexibility index (Phi) is 9.25. The lowest BCUT2D eigenvalue weighted by atomic mass is 10.1. The van der Waals surface area contributed by atoms with Crippen molar-refractivity contribution >= 4 is 51.5 Å². The molecule has 0 spiro atoms. The van der Waals surface area contributed by atoms with Gasteiger partial charge in [0, 0.05) is 0 Å². The number of hydrogen-bond acceptors (Lipinski definition) is 7. The number of amides is 4. The summed E-state index contributed by atoms with van der Waals surface area (Å²) in [5.74, 6) is -1.00. The maximum absolute atomic E-state index is 13.0. The van der Waals surface area contributed by atoms with Crippen molar-refractivity contribution in [2.24, 2.45) is 0 Å². The lowest BCUT2D eigenvalue weighted by molar-refractivity contribution is -0.127. The minimum atomic E-state index is -1.01. The standard InChI is InChI=1S/C29H26BrN3O8/c1-3-40-24-14-18(12-20(30)26(24)41-16-17-8-10-19(11-9-17)28(36)37)13-22-27(35)33(29(38)32-22)15-25(34)31-21-6-4-5-7-23(21)39-2/h4-14H,3,15-16H2,1-2H3,(H,31,34)(H,32,38)(H,36,37)/b22-13+. The fourth-order valence-electron chi connectivity index (χ4n) is 3.94. The first-order valence-electron chi connectivity index (χ1n) is 12.4. The van der Waals surface area contributed by atoms with Gasteiger partial charge in [0.2, 0.25) is 5.91 Å². The number of carbonyl (C=O) groups is 4. The van der Waals surface area contributed by atoms with E-state index in [1.807, 2.05) is 6.92 Å². The third-order valence-electron chi connectivity index (χ3n) is 5.87. The number of nitrogens with one attached hydrogen (secondary N) is 2. The van der Waals surface area contributed by atoms with Gasteiger partial charge < -0.3 is 30.0 Å². The summed E-state index contributed by atoms with van der Waals surface area (Å²) < 4.78 is 17.4. The number of nitrogens with zero attached hydrogens (tertiary/aromatic N) is 1. The van der Waals surface area contributed by atoms with E-state index in [0.717, 1.165) is 10.5 Å². The number of ether oxygens (including phenoxy) is 3. The number of hydrogen-bond donors (Lipinski definition) is 3. The number of aromatic carboxylic acids is 1. The van der Waals surface area contributed by atoms with E-state index in [1.165, 1.54) is 25.3 Å². The molecule has 3 aromatic rings. The van der Waals surface area contributed by atoms with Crippen molar-refractivity contribution < 1.29 is 38.5 Å². The molecule has 212 valence electrons. The van der Waals surface area contributed by atoms with Gasteiger partial charge in [0.25, 0.3) is 5.91 Å². The van der Waals surface area contributed by atoms with Gasteiger partial charge in [-0.15, -0.1) is 0 Å². The number of urea groups is 1. The van der Waals surface area contributed by atoms with Gasteiger partial charge in [-0.3, -0.25) is 9.59 Å². The Labute approximate surface area is 243 Å². The zero-order valence-corrected chi connectivity index (χ0v) is 23.7. The van der Waals surface area contributed by atoms with Crippen molar-refractivity contribution in [2.45, 2.75) is 13.5 Å². The first-order chi connectivity index (χ1) is 19.7. The summed E-state index contributed by atoms with van der Waals surface area (Å²) in [6.07, 6.45) is 1.47. The molecule has 1 saturated heterocycles. The molecular formula is C29H26BrN3O8. The molecule has 3 N–H and O–H groups in total. The van der Waals surface area contributed by atoms with Gasteiger partial charge in [-0.25, -0.2) is 14.5 Å². The third kappa shape index (κ3) is 7.03. The maximum Gasteiger partial charge on any atom is 0.335 e. The van der Waals surface area contributed by atoms with Gasteiger partial charge in [-0.05, 0) is 76.5 Å². The third-order valence-corrected chi connectivity index (χ3v) is 6.46. The first kappa shape index (κ1) is 29.2. The Morgan fingerprint density at radius 1 is 1.05 bits per heavy atom. The summed E-state index contributed by atoms with van der Waals surface area (Å²) in [4.78, 5) is 50.0. The van der Waals surface area contributed by atoms with Crippen LogP contribution in [0.15, 0.2) is 70.8 Å². The number of carboxylic acids is 1. The van der Waals surface area contributed by atoms with E-state index >= 15 is 0 Å². The molecule has 4 amide bonds. The highest BCUT2D eigenvalue weighted by molar-refractivity contribution is 9.10. The van der Waals surface area contributed by atoms with Crippen molar-refractivity contribution in [2.75, 3.05) is 25.6 Å². The zero-order chi connectivity index (χ0) is 29.5.